The fraction of sp³-hybridized carbons (Fsp3) is 0.410. The third kappa shape index (κ3) is 12.5. The maximum absolute atomic E-state index is 13.6. The number of aliphatic carboxylic acids is 2. The van der Waals surface area contributed by atoms with E-state index >= 15 is 0 Å². The van der Waals surface area contributed by atoms with E-state index in [2.05, 4.69) is 16.0 Å². The summed E-state index contributed by atoms with van der Waals surface area (Å²) in [6.45, 7) is 5.23. The Bertz CT molecular complexity index is 1890. The number of carboxylic acid groups (broad SMARTS) is 2. The molecule has 0 radical (unpaired) electrons. The van der Waals surface area contributed by atoms with Crippen LogP contribution >= 0.6 is 0 Å². The molecule has 0 fully saturated rings. The van der Waals surface area contributed by atoms with Crippen LogP contribution in [0.4, 0.5) is 0 Å². The van der Waals surface area contributed by atoms with Gasteiger partial charge in [-0.25, -0.2) is 9.59 Å². The molecule has 3 atom stereocenters. The lowest BCUT2D eigenvalue weighted by molar-refractivity contribution is -0.171. The topological polar surface area (TPSA) is 249 Å². The summed E-state index contributed by atoms with van der Waals surface area (Å²) in [6.07, 6.45) is 2.43. The van der Waals surface area contributed by atoms with Gasteiger partial charge in [-0.3, -0.25) is 24.0 Å². The van der Waals surface area contributed by atoms with Gasteiger partial charge in [-0.05, 0) is 56.2 Å². The van der Waals surface area contributed by atoms with Crippen LogP contribution in [0.5, 0.6) is 17.2 Å². The van der Waals surface area contributed by atoms with Crippen LogP contribution in [0.25, 0.3) is 11.3 Å². The molecule has 0 spiro atoms. The number of ether oxygens (including phenoxy) is 3. The van der Waals surface area contributed by atoms with Gasteiger partial charge in [0, 0.05) is 11.6 Å². The Morgan fingerprint density at radius 3 is 2.21 bits per heavy atom. The van der Waals surface area contributed by atoms with E-state index in [4.69, 9.17) is 28.6 Å². The van der Waals surface area contributed by atoms with Crippen LogP contribution in [-0.4, -0.2) is 96.9 Å². The molecular formula is C39H48N4O14. The molecule has 308 valence electrons. The van der Waals surface area contributed by atoms with E-state index in [1.807, 2.05) is 6.92 Å². The van der Waals surface area contributed by atoms with Crippen molar-refractivity contribution in [1.82, 2.24) is 21.0 Å². The fourth-order valence-corrected chi connectivity index (χ4v) is 5.83. The van der Waals surface area contributed by atoms with Crippen LogP contribution in [-0.2, 0) is 24.0 Å². The molecule has 0 saturated heterocycles. The van der Waals surface area contributed by atoms with Gasteiger partial charge in [0.05, 0.1) is 51.4 Å². The molecular weight excluding hydrogens is 748 g/mol. The molecule has 5 N–H and O–H groups in total. The molecule has 1 aromatic heterocycles. The number of hydrogen-bond acceptors (Lipinski definition) is 12. The van der Waals surface area contributed by atoms with Crippen molar-refractivity contribution in [3.05, 3.63) is 65.4 Å². The number of benzene rings is 2. The molecule has 0 aliphatic carbocycles. The van der Waals surface area contributed by atoms with Crippen molar-refractivity contribution >= 4 is 42.0 Å². The van der Waals surface area contributed by atoms with Gasteiger partial charge in [-0.1, -0.05) is 39.2 Å². The number of hydroxylamine groups is 2. The lowest BCUT2D eigenvalue weighted by Gasteiger charge is -2.32. The number of furan rings is 1. The van der Waals surface area contributed by atoms with Crippen molar-refractivity contribution < 1.29 is 67.2 Å². The summed E-state index contributed by atoms with van der Waals surface area (Å²) in [4.78, 5) is 92.9. The first kappa shape index (κ1) is 44.8. The fourth-order valence-electron chi connectivity index (χ4n) is 5.83. The Kier molecular flexibility index (Phi) is 17.4. The van der Waals surface area contributed by atoms with Gasteiger partial charge in [0.15, 0.2) is 5.76 Å². The number of nitrogens with one attached hydrogen (secondary N) is 3. The molecule has 3 aromatic rings. The van der Waals surface area contributed by atoms with E-state index in [0.29, 0.717) is 30.6 Å². The molecule has 2 aromatic carbocycles. The maximum atomic E-state index is 13.6. The van der Waals surface area contributed by atoms with Gasteiger partial charge in [-0.2, -0.15) is 5.06 Å². The summed E-state index contributed by atoms with van der Waals surface area (Å²) < 4.78 is 21.8. The molecule has 0 aliphatic heterocycles. The Labute approximate surface area is 328 Å². The van der Waals surface area contributed by atoms with Crippen molar-refractivity contribution in [2.45, 2.75) is 71.4 Å². The molecule has 1 heterocycles. The van der Waals surface area contributed by atoms with Crippen LogP contribution in [0.1, 0.15) is 90.6 Å². The summed E-state index contributed by atoms with van der Waals surface area (Å²) in [5.41, 5.74) is 0.382. The van der Waals surface area contributed by atoms with Gasteiger partial charge >= 0.3 is 17.9 Å². The third-order valence-electron chi connectivity index (χ3n) is 8.72. The molecule has 0 bridgehead atoms. The second kappa shape index (κ2) is 22.1. The summed E-state index contributed by atoms with van der Waals surface area (Å²) in [5.74, 6) is -5.90. The normalized spacial score (nSPS) is 12.2. The minimum Gasteiger partial charge on any atom is -0.497 e. The molecule has 0 aliphatic rings. The highest BCUT2D eigenvalue weighted by molar-refractivity contribution is 6.00. The smallest absolute Gasteiger partial charge is 0.366 e. The van der Waals surface area contributed by atoms with Crippen molar-refractivity contribution in [2.75, 3.05) is 27.5 Å². The predicted molar refractivity (Wildman–Crippen MR) is 202 cm³/mol. The first-order chi connectivity index (χ1) is 27.3. The molecule has 0 saturated carbocycles. The Morgan fingerprint density at radius 2 is 1.60 bits per heavy atom. The third-order valence-corrected chi connectivity index (χ3v) is 8.72. The first-order valence-corrected chi connectivity index (χ1v) is 18.2. The summed E-state index contributed by atoms with van der Waals surface area (Å²) in [7, 11) is 2.83. The molecule has 18 nitrogen and oxygen atoms in total. The van der Waals surface area contributed by atoms with Crippen molar-refractivity contribution in [3.63, 3.8) is 0 Å². The zero-order valence-electron chi connectivity index (χ0n) is 32.3. The van der Waals surface area contributed by atoms with Gasteiger partial charge in [0.1, 0.15) is 34.6 Å². The standard InChI is InChI=1S/C39H48N4O14/c1-6-9-10-11-25(29(7-2)43(22-44)57-39(52)27-15-13-24(53-4)19-32(27)54-5)35(47)40-21-41-37(49)31-17-16-30(56-31)23-12-14-26(33(18-23)55-8-3)36(48)42-28(38(50)51)20-34(45)46/h12-19,22,25,28-29H,6-11,20-21H2,1-5H3,(H,40,47)(H,41,49)(H,42,48)(H,45,46)(H,50,51). The second-order valence-electron chi connectivity index (χ2n) is 12.5. The van der Waals surface area contributed by atoms with Gasteiger partial charge in [0.25, 0.3) is 11.8 Å². The van der Waals surface area contributed by atoms with E-state index in [0.717, 1.165) is 17.9 Å². The van der Waals surface area contributed by atoms with Gasteiger partial charge < -0.3 is 49.6 Å². The number of nitrogens with zero attached hydrogens (tertiary/aromatic N) is 1. The lowest BCUT2D eigenvalue weighted by atomic mass is 9.90. The monoisotopic (exact) mass is 796 g/mol. The highest BCUT2D eigenvalue weighted by Crippen LogP contribution is 2.30. The van der Waals surface area contributed by atoms with Crippen LogP contribution in [0.2, 0.25) is 0 Å². The number of rotatable bonds is 24. The van der Waals surface area contributed by atoms with Crippen LogP contribution in [0, 0.1) is 5.92 Å². The second-order valence-corrected chi connectivity index (χ2v) is 12.5. The Hall–Kier alpha value is -6.59. The largest absolute Gasteiger partial charge is 0.497 e. The predicted octanol–water partition coefficient (Wildman–Crippen LogP) is 4.03. The summed E-state index contributed by atoms with van der Waals surface area (Å²) >= 11 is 0. The molecule has 4 amide bonds. The Balaban J connectivity index is 1.71. The van der Waals surface area contributed by atoms with Crippen molar-refractivity contribution in [2.24, 2.45) is 5.92 Å². The van der Waals surface area contributed by atoms with E-state index in [1.165, 1.54) is 62.8 Å². The molecule has 18 heteroatoms. The minimum absolute atomic E-state index is 0.0376. The van der Waals surface area contributed by atoms with Crippen molar-refractivity contribution in [3.8, 4) is 28.6 Å². The summed E-state index contributed by atoms with van der Waals surface area (Å²) in [5, 5.41) is 26.5. The SMILES string of the molecule is CCCCCC(C(=O)NCNC(=O)c1ccc(-c2ccc(C(=O)NC(CC(=O)O)C(=O)O)c(OCC)c2)o1)C(CC)N(C=O)OC(=O)c1ccc(OC)cc1OC. The Morgan fingerprint density at radius 1 is 0.860 bits per heavy atom. The number of unbranched alkanes of at least 4 members (excludes halogenated alkanes) is 2. The van der Waals surface area contributed by atoms with Crippen LogP contribution in [0.15, 0.2) is 52.9 Å². The molecule has 3 rings (SSSR count). The average molecular weight is 797 g/mol. The average Bonchev–Trinajstić information content (AvgIpc) is 3.70. The number of methoxy groups -OCH3 is 2. The highest BCUT2D eigenvalue weighted by atomic mass is 16.7. The number of carbonyl (C=O) groups excluding carboxylic acids is 5. The zero-order chi connectivity index (χ0) is 42.1. The summed E-state index contributed by atoms with van der Waals surface area (Å²) in [6, 6.07) is 9.09. The maximum Gasteiger partial charge on any atom is 0.366 e. The lowest BCUT2D eigenvalue weighted by Crippen LogP contribution is -2.49. The first-order valence-electron chi connectivity index (χ1n) is 18.2. The van der Waals surface area contributed by atoms with E-state index in [-0.39, 0.29) is 53.8 Å². The zero-order valence-corrected chi connectivity index (χ0v) is 32.3. The highest BCUT2D eigenvalue weighted by Gasteiger charge is 2.34. The van der Waals surface area contributed by atoms with Crippen molar-refractivity contribution in [1.29, 1.82) is 0 Å². The van der Waals surface area contributed by atoms with Crippen LogP contribution < -0.4 is 30.2 Å². The van der Waals surface area contributed by atoms with E-state index in [9.17, 15) is 38.7 Å². The minimum atomic E-state index is -1.67. The van der Waals surface area contributed by atoms with Gasteiger partial charge in [-0.15, -0.1) is 0 Å². The number of amides is 4. The quantitative estimate of drug-likeness (QED) is 0.0372. The van der Waals surface area contributed by atoms with E-state index < -0.39 is 60.1 Å². The van der Waals surface area contributed by atoms with E-state index in [1.54, 1.807) is 13.8 Å². The molecule has 3 unspecified atom stereocenters. The number of carbonyl (C=O) groups is 7. The number of carboxylic acids is 2. The van der Waals surface area contributed by atoms with Gasteiger partial charge in [0.2, 0.25) is 12.3 Å². The number of hydrogen-bond donors (Lipinski definition) is 5. The molecule has 57 heavy (non-hydrogen) atoms. The van der Waals surface area contributed by atoms with Crippen LogP contribution in [0.3, 0.4) is 0 Å².